The van der Waals surface area contributed by atoms with Gasteiger partial charge in [0.15, 0.2) is 0 Å². The topological polar surface area (TPSA) is 18.5 Å². The highest BCUT2D eigenvalue weighted by atomic mass is 16.5. The van der Waals surface area contributed by atoms with Gasteiger partial charge >= 0.3 is 0 Å². The molecule has 0 saturated carbocycles. The van der Waals surface area contributed by atoms with Gasteiger partial charge in [-0.2, -0.15) is 0 Å². The van der Waals surface area contributed by atoms with E-state index in [4.69, 9.17) is 9.47 Å². The van der Waals surface area contributed by atoms with Crippen LogP contribution in [-0.4, -0.2) is 7.11 Å². The van der Waals surface area contributed by atoms with Crippen molar-refractivity contribution in [3.8, 4) is 11.5 Å². The highest BCUT2D eigenvalue weighted by Gasteiger charge is 2.01. The maximum atomic E-state index is 5.75. The third-order valence-corrected chi connectivity index (χ3v) is 2.91. The van der Waals surface area contributed by atoms with Gasteiger partial charge in [0, 0.05) is 6.07 Å². The summed E-state index contributed by atoms with van der Waals surface area (Å²) in [4.78, 5) is 0. The van der Waals surface area contributed by atoms with Crippen molar-refractivity contribution in [1.29, 1.82) is 0 Å². The SMILES string of the molecule is COc1cc(OCc2ccc(C)cc2)ccc1C. The Hall–Kier alpha value is -1.96. The number of aryl methyl sites for hydroxylation is 2. The van der Waals surface area contributed by atoms with Crippen LogP contribution in [0.15, 0.2) is 42.5 Å². The maximum Gasteiger partial charge on any atom is 0.125 e. The molecule has 0 radical (unpaired) electrons. The third-order valence-electron chi connectivity index (χ3n) is 2.91. The Balaban J connectivity index is 2.04. The second-order valence-corrected chi connectivity index (χ2v) is 4.41. The molecular formula is C16H18O2. The molecule has 0 aliphatic carbocycles. The molecule has 2 nitrogen and oxygen atoms in total. The molecule has 0 fully saturated rings. The lowest BCUT2D eigenvalue weighted by Gasteiger charge is -2.10. The molecule has 0 heterocycles. The first-order valence-corrected chi connectivity index (χ1v) is 6.02. The molecule has 94 valence electrons. The fraction of sp³-hybridized carbons (Fsp3) is 0.250. The lowest BCUT2D eigenvalue weighted by molar-refractivity contribution is 0.303. The Morgan fingerprint density at radius 3 is 2.33 bits per heavy atom. The van der Waals surface area contributed by atoms with Crippen LogP contribution in [0.2, 0.25) is 0 Å². The Morgan fingerprint density at radius 1 is 0.944 bits per heavy atom. The summed E-state index contributed by atoms with van der Waals surface area (Å²) in [7, 11) is 1.67. The van der Waals surface area contributed by atoms with Crippen LogP contribution in [0.5, 0.6) is 11.5 Å². The summed E-state index contributed by atoms with van der Waals surface area (Å²) in [6, 6.07) is 14.2. The van der Waals surface area contributed by atoms with Crippen LogP contribution in [0, 0.1) is 13.8 Å². The minimum atomic E-state index is 0.576. The monoisotopic (exact) mass is 242 g/mol. The maximum absolute atomic E-state index is 5.75. The normalized spacial score (nSPS) is 10.2. The Bertz CT molecular complexity index is 515. The zero-order chi connectivity index (χ0) is 13.0. The summed E-state index contributed by atoms with van der Waals surface area (Å²) < 4.78 is 11.0. The van der Waals surface area contributed by atoms with Gasteiger partial charge in [-0.15, -0.1) is 0 Å². The number of hydrogen-bond donors (Lipinski definition) is 0. The van der Waals surface area contributed by atoms with Gasteiger partial charge in [0.25, 0.3) is 0 Å². The molecule has 2 aromatic rings. The standard InChI is InChI=1S/C16H18O2/c1-12-4-7-14(8-5-12)11-18-15-9-6-13(2)16(10-15)17-3/h4-10H,11H2,1-3H3. The van der Waals surface area contributed by atoms with Crippen LogP contribution in [-0.2, 0) is 6.61 Å². The quantitative estimate of drug-likeness (QED) is 0.809. The van der Waals surface area contributed by atoms with Crippen molar-refractivity contribution >= 4 is 0 Å². The van der Waals surface area contributed by atoms with Crippen LogP contribution >= 0.6 is 0 Å². The molecule has 0 bridgehead atoms. The van der Waals surface area contributed by atoms with Gasteiger partial charge in [-0.25, -0.2) is 0 Å². The molecule has 0 aliphatic rings. The first kappa shape index (κ1) is 12.5. The molecule has 0 amide bonds. The second kappa shape index (κ2) is 5.58. The summed E-state index contributed by atoms with van der Waals surface area (Å²) in [6.07, 6.45) is 0. The van der Waals surface area contributed by atoms with Crippen LogP contribution in [0.1, 0.15) is 16.7 Å². The Morgan fingerprint density at radius 2 is 1.67 bits per heavy atom. The smallest absolute Gasteiger partial charge is 0.125 e. The lowest BCUT2D eigenvalue weighted by atomic mass is 10.2. The Kier molecular flexibility index (Phi) is 3.88. The Labute approximate surface area is 108 Å². The molecule has 0 N–H and O–H groups in total. The molecule has 0 unspecified atom stereocenters. The van der Waals surface area contributed by atoms with Gasteiger partial charge in [0.2, 0.25) is 0 Å². The van der Waals surface area contributed by atoms with Gasteiger partial charge in [-0.1, -0.05) is 35.9 Å². The van der Waals surface area contributed by atoms with E-state index in [-0.39, 0.29) is 0 Å². The molecule has 0 aliphatic heterocycles. The van der Waals surface area contributed by atoms with Crippen molar-refractivity contribution in [2.75, 3.05) is 7.11 Å². The van der Waals surface area contributed by atoms with Crippen LogP contribution in [0.4, 0.5) is 0 Å². The molecule has 2 aromatic carbocycles. The number of rotatable bonds is 4. The molecule has 0 atom stereocenters. The lowest BCUT2D eigenvalue weighted by Crippen LogP contribution is -1.96. The van der Waals surface area contributed by atoms with E-state index in [9.17, 15) is 0 Å². The largest absolute Gasteiger partial charge is 0.496 e. The van der Waals surface area contributed by atoms with Crippen LogP contribution in [0.3, 0.4) is 0 Å². The van der Waals surface area contributed by atoms with E-state index in [1.54, 1.807) is 7.11 Å². The second-order valence-electron chi connectivity index (χ2n) is 4.41. The van der Waals surface area contributed by atoms with E-state index < -0.39 is 0 Å². The van der Waals surface area contributed by atoms with Gasteiger partial charge in [-0.3, -0.25) is 0 Å². The number of methoxy groups -OCH3 is 1. The van der Waals surface area contributed by atoms with E-state index in [0.717, 1.165) is 17.1 Å². The highest BCUT2D eigenvalue weighted by Crippen LogP contribution is 2.24. The fourth-order valence-electron chi connectivity index (χ4n) is 1.74. The number of hydrogen-bond acceptors (Lipinski definition) is 2. The molecular weight excluding hydrogens is 224 g/mol. The predicted molar refractivity (Wildman–Crippen MR) is 73.2 cm³/mol. The molecule has 0 spiro atoms. The third kappa shape index (κ3) is 3.04. The van der Waals surface area contributed by atoms with Crippen molar-refractivity contribution in [1.82, 2.24) is 0 Å². The van der Waals surface area contributed by atoms with E-state index in [1.807, 2.05) is 25.1 Å². The van der Waals surface area contributed by atoms with Crippen molar-refractivity contribution in [3.63, 3.8) is 0 Å². The average Bonchev–Trinajstić information content (AvgIpc) is 2.39. The van der Waals surface area contributed by atoms with Crippen molar-refractivity contribution in [3.05, 3.63) is 59.2 Å². The molecule has 0 saturated heterocycles. The molecule has 2 heteroatoms. The zero-order valence-electron chi connectivity index (χ0n) is 11.1. The summed E-state index contributed by atoms with van der Waals surface area (Å²) >= 11 is 0. The van der Waals surface area contributed by atoms with Gasteiger partial charge < -0.3 is 9.47 Å². The van der Waals surface area contributed by atoms with Crippen molar-refractivity contribution in [2.45, 2.75) is 20.5 Å². The predicted octanol–water partition coefficient (Wildman–Crippen LogP) is 3.89. The highest BCUT2D eigenvalue weighted by molar-refractivity contribution is 5.39. The number of ether oxygens (including phenoxy) is 2. The summed E-state index contributed by atoms with van der Waals surface area (Å²) in [5.74, 6) is 1.69. The molecule has 18 heavy (non-hydrogen) atoms. The number of benzene rings is 2. The van der Waals surface area contributed by atoms with E-state index >= 15 is 0 Å². The van der Waals surface area contributed by atoms with E-state index in [2.05, 4.69) is 31.2 Å². The molecule has 0 aromatic heterocycles. The minimum absolute atomic E-state index is 0.576. The van der Waals surface area contributed by atoms with Gasteiger partial charge in [-0.05, 0) is 31.0 Å². The molecule has 2 rings (SSSR count). The van der Waals surface area contributed by atoms with E-state index in [0.29, 0.717) is 6.61 Å². The first-order valence-electron chi connectivity index (χ1n) is 6.02. The zero-order valence-corrected chi connectivity index (χ0v) is 11.1. The van der Waals surface area contributed by atoms with E-state index in [1.165, 1.54) is 11.1 Å². The van der Waals surface area contributed by atoms with Crippen molar-refractivity contribution < 1.29 is 9.47 Å². The van der Waals surface area contributed by atoms with Crippen LogP contribution in [0.25, 0.3) is 0 Å². The minimum Gasteiger partial charge on any atom is -0.496 e. The van der Waals surface area contributed by atoms with Gasteiger partial charge in [0.05, 0.1) is 7.11 Å². The summed E-state index contributed by atoms with van der Waals surface area (Å²) in [5, 5.41) is 0. The van der Waals surface area contributed by atoms with Crippen LogP contribution < -0.4 is 9.47 Å². The van der Waals surface area contributed by atoms with Crippen molar-refractivity contribution in [2.24, 2.45) is 0 Å². The summed E-state index contributed by atoms with van der Waals surface area (Å²) in [6.45, 7) is 4.67. The fourth-order valence-corrected chi connectivity index (χ4v) is 1.74. The van der Waals surface area contributed by atoms with Gasteiger partial charge in [0.1, 0.15) is 18.1 Å². The average molecular weight is 242 g/mol. The summed E-state index contributed by atoms with van der Waals surface area (Å²) in [5.41, 5.74) is 3.54. The first-order chi connectivity index (χ1) is 8.69.